The van der Waals surface area contributed by atoms with Gasteiger partial charge in [-0.05, 0) is 250 Å². The summed E-state index contributed by atoms with van der Waals surface area (Å²) in [5.74, 6) is 1.64. The van der Waals surface area contributed by atoms with Crippen molar-refractivity contribution in [2.24, 2.45) is 23.7 Å². The molecule has 0 saturated carbocycles. The van der Waals surface area contributed by atoms with Crippen molar-refractivity contribution in [3.63, 3.8) is 0 Å². The van der Waals surface area contributed by atoms with Crippen LogP contribution in [0.25, 0.3) is 93.6 Å². The molecule has 5 heterocycles. The molecule has 0 fully saturated rings. The molecule has 2 aliphatic heterocycles. The summed E-state index contributed by atoms with van der Waals surface area (Å²) in [5, 5.41) is 7.25. The molecule has 0 amide bonds. The van der Waals surface area contributed by atoms with E-state index < -0.39 is 0 Å². The first-order valence-electron chi connectivity index (χ1n) is 36.6. The van der Waals surface area contributed by atoms with Gasteiger partial charge in [-0.15, -0.1) is 0 Å². The highest BCUT2D eigenvalue weighted by molar-refractivity contribution is 7.00. The Morgan fingerprint density at radius 2 is 0.958 bits per heavy atom. The number of rotatable bonds is 9. The molecule has 470 valence electrons. The second-order valence-corrected chi connectivity index (χ2v) is 29.3. The van der Waals surface area contributed by atoms with E-state index in [0.29, 0.717) is 23.7 Å². The maximum atomic E-state index is 6.73. The van der Waals surface area contributed by atoms with Gasteiger partial charge in [-0.25, -0.2) is 0 Å². The molecule has 20 rings (SSSR count). The van der Waals surface area contributed by atoms with Crippen molar-refractivity contribution >= 4 is 112 Å². The summed E-state index contributed by atoms with van der Waals surface area (Å²) < 4.78 is 16.0. The van der Waals surface area contributed by atoms with Gasteiger partial charge in [0.1, 0.15) is 22.3 Å². The predicted molar refractivity (Wildman–Crippen MR) is 403 cm³/mol. The van der Waals surface area contributed by atoms with Crippen LogP contribution < -0.4 is 26.2 Å². The minimum absolute atomic E-state index is 0.0970. The van der Waals surface area contributed by atoms with E-state index in [9.17, 15) is 0 Å². The van der Waals surface area contributed by atoms with Crippen molar-refractivity contribution in [3.05, 3.63) is 253 Å². The van der Waals surface area contributed by atoms with Crippen LogP contribution in [-0.2, 0) is 0 Å². The van der Waals surface area contributed by atoms with E-state index in [1.54, 1.807) is 22.3 Å². The molecule has 0 radical (unpaired) electrons. The highest BCUT2D eigenvalue weighted by atomic mass is 16.3. The van der Waals surface area contributed by atoms with Gasteiger partial charge in [0.15, 0.2) is 0 Å². The molecule has 5 nitrogen and oxygen atoms in total. The number of nitrogens with zero attached hydrogens (tertiary/aromatic N) is 3. The second-order valence-electron chi connectivity index (χ2n) is 29.3. The number of fused-ring (bicyclic) bond motifs is 13. The lowest BCUT2D eigenvalue weighted by atomic mass is 9.33. The summed E-state index contributed by atoms with van der Waals surface area (Å²) in [6.45, 7) is -0.101. The van der Waals surface area contributed by atoms with Gasteiger partial charge in [0.2, 0.25) is 0 Å². The van der Waals surface area contributed by atoms with Gasteiger partial charge >= 0.3 is 0 Å². The number of benzene rings is 9. The van der Waals surface area contributed by atoms with Crippen LogP contribution in [0.15, 0.2) is 262 Å². The van der Waals surface area contributed by atoms with E-state index in [-0.39, 0.29) is 18.8 Å². The molecule has 6 aliphatic carbocycles. The van der Waals surface area contributed by atoms with Gasteiger partial charge < -0.3 is 23.2 Å². The largest absolute Gasteiger partial charge is 0.456 e. The van der Waals surface area contributed by atoms with Crippen molar-refractivity contribution in [2.75, 3.05) is 9.80 Å². The number of allylic oxidation sites excluding steroid dienone is 8. The quantitative estimate of drug-likeness (QED) is 0.107. The smallest absolute Gasteiger partial charge is 0.252 e. The molecule has 0 N–H and O–H groups in total. The number of para-hydroxylation sites is 4. The average molecular weight is 1250 g/mol. The van der Waals surface area contributed by atoms with Crippen LogP contribution in [0.1, 0.15) is 116 Å². The molecule has 9 aromatic carbocycles. The fraction of sp³-hybridized carbons (Fsp3) is 0.267. The van der Waals surface area contributed by atoms with Gasteiger partial charge in [0.05, 0.1) is 23.1 Å². The lowest BCUT2D eigenvalue weighted by Gasteiger charge is -2.53. The maximum Gasteiger partial charge on any atom is 0.252 e. The normalized spacial score (nSPS) is 22.6. The summed E-state index contributed by atoms with van der Waals surface area (Å²) in [6.07, 6.45) is 42.0. The van der Waals surface area contributed by atoms with Crippen LogP contribution >= 0.6 is 0 Å². The molecule has 0 bridgehead atoms. The summed E-state index contributed by atoms with van der Waals surface area (Å²) in [4.78, 5) is 6.05. The van der Waals surface area contributed by atoms with E-state index >= 15 is 0 Å². The summed E-state index contributed by atoms with van der Waals surface area (Å²) >= 11 is 0. The Kier molecular flexibility index (Phi) is 13.7. The summed E-state index contributed by atoms with van der Waals surface area (Å²) in [7, 11) is 0. The Morgan fingerprint density at radius 1 is 0.375 bits per heavy atom. The van der Waals surface area contributed by atoms with Crippen molar-refractivity contribution in [1.29, 1.82) is 0 Å². The molecule has 3 aromatic heterocycles. The fourth-order valence-electron chi connectivity index (χ4n) is 20.0. The third-order valence-corrected chi connectivity index (χ3v) is 24.2. The molecule has 8 aliphatic rings. The molecule has 6 atom stereocenters. The fourth-order valence-corrected chi connectivity index (χ4v) is 20.0. The summed E-state index contributed by atoms with van der Waals surface area (Å²) in [5.41, 5.74) is 28.7. The van der Waals surface area contributed by atoms with Gasteiger partial charge in [-0.2, -0.15) is 0 Å². The molecule has 6 heteroatoms. The SMILES string of the molecule is C1=CCC(C2=CCCC(C3=CCCCC3)C2N2c3ccc(-c4cccc5oc6ccccc6c45)cc3B3c4ccc(-n5c6ccccc6c6ccccc65)cc4N(C4C(C5CC=CCC5)=CCCC4C4=CCCCC4)c4cc(-c5ccc6oc7ccccc7c6c5)cc2c43)CC1. The molecule has 96 heavy (non-hydrogen) atoms. The van der Waals surface area contributed by atoms with Crippen molar-refractivity contribution in [1.82, 2.24) is 4.57 Å². The Labute approximate surface area is 563 Å². The van der Waals surface area contributed by atoms with Crippen molar-refractivity contribution in [3.8, 4) is 27.9 Å². The Morgan fingerprint density at radius 3 is 1.60 bits per heavy atom. The Balaban J connectivity index is 0.925. The first-order chi connectivity index (χ1) is 47.6. The van der Waals surface area contributed by atoms with Crippen LogP contribution in [-0.4, -0.2) is 23.4 Å². The van der Waals surface area contributed by atoms with Gasteiger partial charge in [-0.3, -0.25) is 0 Å². The van der Waals surface area contributed by atoms with E-state index in [1.165, 1.54) is 164 Å². The Hall–Kier alpha value is -9.52. The number of anilines is 4. The van der Waals surface area contributed by atoms with E-state index in [1.807, 2.05) is 0 Å². The predicted octanol–water partition coefficient (Wildman–Crippen LogP) is 22.5. The maximum absolute atomic E-state index is 6.73. The van der Waals surface area contributed by atoms with Crippen molar-refractivity contribution in [2.45, 2.75) is 128 Å². The van der Waals surface area contributed by atoms with E-state index in [4.69, 9.17) is 8.83 Å². The average Bonchev–Trinajstić information content (AvgIpc) is 0.823. The zero-order valence-corrected chi connectivity index (χ0v) is 54.9. The van der Waals surface area contributed by atoms with Crippen LogP contribution in [0.4, 0.5) is 22.7 Å². The zero-order chi connectivity index (χ0) is 63.0. The third kappa shape index (κ3) is 9.02. The number of aromatic nitrogens is 1. The molecular formula is C90H80BN3O2. The van der Waals surface area contributed by atoms with Crippen LogP contribution in [0, 0.1) is 23.7 Å². The monoisotopic (exact) mass is 1250 g/mol. The molecule has 12 aromatic rings. The first kappa shape index (κ1) is 56.8. The van der Waals surface area contributed by atoms with Crippen LogP contribution in [0.2, 0.25) is 0 Å². The topological polar surface area (TPSA) is 37.7 Å². The number of hydrogen-bond donors (Lipinski definition) is 0. The lowest BCUT2D eigenvalue weighted by molar-refractivity contribution is 0.391. The van der Waals surface area contributed by atoms with Crippen molar-refractivity contribution < 1.29 is 8.83 Å². The summed E-state index contributed by atoms with van der Waals surface area (Å²) in [6, 6.07) is 70.5. The highest BCUT2D eigenvalue weighted by Gasteiger charge is 2.51. The molecule has 6 unspecified atom stereocenters. The Bertz CT molecular complexity index is 5310. The minimum atomic E-state index is -0.101. The number of furan rings is 2. The van der Waals surface area contributed by atoms with Crippen LogP contribution in [0.5, 0.6) is 0 Å². The number of hydrogen-bond acceptors (Lipinski definition) is 4. The molecular weight excluding hydrogens is 1170 g/mol. The molecule has 0 saturated heterocycles. The van der Waals surface area contributed by atoms with Gasteiger partial charge in [0.25, 0.3) is 6.71 Å². The third-order valence-electron chi connectivity index (χ3n) is 24.2. The van der Waals surface area contributed by atoms with E-state index in [2.05, 4.69) is 245 Å². The zero-order valence-electron chi connectivity index (χ0n) is 54.9. The second kappa shape index (κ2) is 23.1. The first-order valence-corrected chi connectivity index (χ1v) is 36.6. The molecule has 0 spiro atoms. The lowest BCUT2D eigenvalue weighted by Crippen LogP contribution is -2.65. The minimum Gasteiger partial charge on any atom is -0.456 e. The standard InChI is InChI=1S/C90H80BN3O2/c1-5-24-57(25-6-1)66-37-21-38-67(58-26-7-2-8-27-58)89(66)93-79-50-46-62(65-36-23-45-86-87(65)73-35-16-20-44-84(73)96-86)53-76(79)91-75-49-48-64(92-77-41-17-13-32-70(77)71-33-14-18-42-78(71)92)56-80(75)94(90-68(59-28-9-3-10-29-59)39-22-40-69(90)60-30-11-4-12-31-60)82-55-63(54-81(93)88(82)91)61-47-51-85-74(52-61)72-34-15-19-43-83(72)95-85/h1,3,5,9,13-20,23,26,30,32-37,39,41-57,59,67,69,89-90H,2,4,6-8,10-12,21-22,24-25,27-29,31,38,40H2. The van der Waals surface area contributed by atoms with Crippen LogP contribution in [0.3, 0.4) is 0 Å². The van der Waals surface area contributed by atoms with E-state index in [0.717, 1.165) is 84.5 Å². The highest BCUT2D eigenvalue weighted by Crippen LogP contribution is 2.54. The van der Waals surface area contributed by atoms with Gasteiger partial charge in [0, 0.05) is 72.6 Å². The van der Waals surface area contributed by atoms with Gasteiger partial charge in [-0.1, -0.05) is 169 Å².